The number of pyridine rings is 1. The van der Waals surface area contributed by atoms with Crippen molar-refractivity contribution in [3.8, 4) is 5.88 Å². The summed E-state index contributed by atoms with van der Waals surface area (Å²) < 4.78 is 5.29. The van der Waals surface area contributed by atoms with E-state index in [4.69, 9.17) is 4.74 Å². The summed E-state index contributed by atoms with van der Waals surface area (Å²) in [4.78, 5) is 6.67. The van der Waals surface area contributed by atoms with E-state index in [1.165, 1.54) is 5.69 Å². The molecule has 2 heterocycles. The summed E-state index contributed by atoms with van der Waals surface area (Å²) >= 11 is 0. The summed E-state index contributed by atoms with van der Waals surface area (Å²) in [6.07, 6.45) is 3.99. The van der Waals surface area contributed by atoms with Crippen LogP contribution in [0.3, 0.4) is 0 Å². The van der Waals surface area contributed by atoms with Crippen LogP contribution in [0.1, 0.15) is 12.8 Å². The van der Waals surface area contributed by atoms with Crippen molar-refractivity contribution in [2.75, 3.05) is 30.4 Å². The summed E-state index contributed by atoms with van der Waals surface area (Å²) in [7, 11) is 1.66. The van der Waals surface area contributed by atoms with Gasteiger partial charge in [0, 0.05) is 31.0 Å². The van der Waals surface area contributed by atoms with Crippen LogP contribution in [0.5, 0.6) is 5.88 Å². The molecule has 0 spiro atoms. The van der Waals surface area contributed by atoms with Gasteiger partial charge < -0.3 is 15.0 Å². The van der Waals surface area contributed by atoms with Gasteiger partial charge in [0.25, 0.3) is 0 Å². The molecule has 1 aromatic carbocycles. The van der Waals surface area contributed by atoms with E-state index in [-0.39, 0.29) is 0 Å². The molecule has 2 aromatic rings. The minimum absolute atomic E-state index is 0.475. The van der Waals surface area contributed by atoms with Crippen LogP contribution < -0.4 is 15.0 Å². The van der Waals surface area contributed by atoms with Crippen LogP contribution in [0, 0.1) is 0 Å². The lowest BCUT2D eigenvalue weighted by atomic mass is 10.0. The standard InChI is InChI=1S/C17H21N3O/c1-21-17-16(8-5-11-18-17)19-14-9-12-20(13-10-14)15-6-3-2-4-7-15/h2-8,11,14,19H,9-10,12-13H2,1H3. The predicted molar refractivity (Wildman–Crippen MR) is 86.1 cm³/mol. The van der Waals surface area contributed by atoms with Crippen molar-refractivity contribution < 1.29 is 4.74 Å². The highest BCUT2D eigenvalue weighted by molar-refractivity contribution is 5.53. The van der Waals surface area contributed by atoms with E-state index in [1.807, 2.05) is 12.1 Å². The molecule has 0 unspecified atom stereocenters. The van der Waals surface area contributed by atoms with Crippen LogP contribution in [-0.4, -0.2) is 31.2 Å². The third-order valence-corrected chi connectivity index (χ3v) is 3.94. The highest BCUT2D eigenvalue weighted by Crippen LogP contribution is 2.25. The molecule has 21 heavy (non-hydrogen) atoms. The average molecular weight is 283 g/mol. The number of para-hydroxylation sites is 1. The Morgan fingerprint density at radius 2 is 1.86 bits per heavy atom. The number of aromatic nitrogens is 1. The number of ether oxygens (including phenoxy) is 1. The molecule has 110 valence electrons. The van der Waals surface area contributed by atoms with E-state index in [1.54, 1.807) is 13.3 Å². The topological polar surface area (TPSA) is 37.4 Å². The Morgan fingerprint density at radius 1 is 1.10 bits per heavy atom. The molecule has 0 amide bonds. The van der Waals surface area contributed by atoms with Crippen LogP contribution in [0.25, 0.3) is 0 Å². The Labute approximate surface area is 125 Å². The Hall–Kier alpha value is -2.23. The summed E-state index contributed by atoms with van der Waals surface area (Å²) in [5.41, 5.74) is 2.30. The van der Waals surface area contributed by atoms with Gasteiger partial charge in [-0.2, -0.15) is 0 Å². The molecular weight excluding hydrogens is 262 g/mol. The van der Waals surface area contributed by atoms with E-state index in [2.05, 4.69) is 45.5 Å². The summed E-state index contributed by atoms with van der Waals surface area (Å²) in [6.45, 7) is 2.15. The van der Waals surface area contributed by atoms with Gasteiger partial charge in [-0.3, -0.25) is 0 Å². The van der Waals surface area contributed by atoms with Crippen molar-refractivity contribution in [2.45, 2.75) is 18.9 Å². The van der Waals surface area contributed by atoms with Crippen LogP contribution in [0.4, 0.5) is 11.4 Å². The fourth-order valence-corrected chi connectivity index (χ4v) is 2.80. The van der Waals surface area contributed by atoms with Crippen molar-refractivity contribution in [1.82, 2.24) is 4.98 Å². The molecule has 0 atom stereocenters. The molecule has 4 heteroatoms. The van der Waals surface area contributed by atoms with Gasteiger partial charge >= 0.3 is 0 Å². The lowest BCUT2D eigenvalue weighted by molar-refractivity contribution is 0.398. The lowest BCUT2D eigenvalue weighted by Gasteiger charge is -2.34. The second kappa shape index (κ2) is 6.48. The van der Waals surface area contributed by atoms with E-state index in [9.17, 15) is 0 Å². The number of methoxy groups -OCH3 is 1. The van der Waals surface area contributed by atoms with Gasteiger partial charge in [0.1, 0.15) is 0 Å². The Morgan fingerprint density at radius 3 is 2.57 bits per heavy atom. The number of benzene rings is 1. The number of nitrogens with one attached hydrogen (secondary N) is 1. The SMILES string of the molecule is COc1ncccc1NC1CCN(c2ccccc2)CC1. The molecule has 1 fully saturated rings. The van der Waals surface area contributed by atoms with Crippen molar-refractivity contribution >= 4 is 11.4 Å². The lowest BCUT2D eigenvalue weighted by Crippen LogP contribution is -2.39. The van der Waals surface area contributed by atoms with Crippen molar-refractivity contribution in [2.24, 2.45) is 0 Å². The normalized spacial score (nSPS) is 15.8. The zero-order valence-electron chi connectivity index (χ0n) is 12.3. The molecule has 4 nitrogen and oxygen atoms in total. The van der Waals surface area contributed by atoms with Gasteiger partial charge in [0.05, 0.1) is 12.8 Å². The Balaban J connectivity index is 1.59. The van der Waals surface area contributed by atoms with E-state index < -0.39 is 0 Å². The molecule has 0 bridgehead atoms. The first-order chi connectivity index (χ1) is 10.4. The van der Waals surface area contributed by atoms with Crippen LogP contribution in [0.2, 0.25) is 0 Å². The fraction of sp³-hybridized carbons (Fsp3) is 0.353. The van der Waals surface area contributed by atoms with Gasteiger partial charge in [-0.15, -0.1) is 0 Å². The first-order valence-corrected chi connectivity index (χ1v) is 7.42. The number of piperidine rings is 1. The van der Waals surface area contributed by atoms with Crippen LogP contribution >= 0.6 is 0 Å². The van der Waals surface area contributed by atoms with E-state index in [0.29, 0.717) is 11.9 Å². The van der Waals surface area contributed by atoms with E-state index in [0.717, 1.165) is 31.6 Å². The maximum Gasteiger partial charge on any atom is 0.237 e. The Kier molecular flexibility index (Phi) is 4.24. The Bertz CT molecular complexity index is 565. The van der Waals surface area contributed by atoms with Crippen molar-refractivity contribution in [1.29, 1.82) is 0 Å². The maximum atomic E-state index is 5.29. The third-order valence-electron chi connectivity index (χ3n) is 3.94. The molecule has 1 aromatic heterocycles. The zero-order chi connectivity index (χ0) is 14.5. The number of anilines is 2. The van der Waals surface area contributed by atoms with Crippen LogP contribution in [-0.2, 0) is 0 Å². The third kappa shape index (κ3) is 3.27. The smallest absolute Gasteiger partial charge is 0.237 e. The summed E-state index contributed by atoms with van der Waals surface area (Å²) in [5.74, 6) is 0.669. The minimum atomic E-state index is 0.475. The molecule has 0 aliphatic carbocycles. The average Bonchev–Trinajstić information content (AvgIpc) is 2.57. The summed E-state index contributed by atoms with van der Waals surface area (Å²) in [6, 6.07) is 15.0. The summed E-state index contributed by atoms with van der Waals surface area (Å²) in [5, 5.41) is 3.56. The zero-order valence-corrected chi connectivity index (χ0v) is 12.3. The van der Waals surface area contributed by atoms with Crippen molar-refractivity contribution in [3.05, 3.63) is 48.7 Å². The van der Waals surface area contributed by atoms with E-state index >= 15 is 0 Å². The first kappa shape index (κ1) is 13.7. The van der Waals surface area contributed by atoms with Gasteiger partial charge in [-0.1, -0.05) is 18.2 Å². The first-order valence-electron chi connectivity index (χ1n) is 7.42. The number of hydrogen-bond donors (Lipinski definition) is 1. The molecule has 3 rings (SSSR count). The molecular formula is C17H21N3O. The molecule has 0 radical (unpaired) electrons. The second-order valence-corrected chi connectivity index (χ2v) is 5.30. The number of nitrogens with zero attached hydrogens (tertiary/aromatic N) is 2. The largest absolute Gasteiger partial charge is 0.480 e. The molecule has 1 aliphatic heterocycles. The highest BCUT2D eigenvalue weighted by atomic mass is 16.5. The monoisotopic (exact) mass is 283 g/mol. The number of hydrogen-bond acceptors (Lipinski definition) is 4. The quantitative estimate of drug-likeness (QED) is 0.935. The highest BCUT2D eigenvalue weighted by Gasteiger charge is 2.20. The maximum absolute atomic E-state index is 5.29. The van der Waals surface area contributed by atoms with Crippen LogP contribution in [0.15, 0.2) is 48.7 Å². The van der Waals surface area contributed by atoms with Gasteiger partial charge in [-0.05, 0) is 37.1 Å². The molecule has 0 saturated carbocycles. The fourth-order valence-electron chi connectivity index (χ4n) is 2.80. The molecule has 1 N–H and O–H groups in total. The number of rotatable bonds is 4. The second-order valence-electron chi connectivity index (χ2n) is 5.30. The molecule has 1 aliphatic rings. The minimum Gasteiger partial charge on any atom is -0.480 e. The van der Waals surface area contributed by atoms with Gasteiger partial charge in [-0.25, -0.2) is 4.98 Å². The van der Waals surface area contributed by atoms with Gasteiger partial charge in [0.2, 0.25) is 5.88 Å². The predicted octanol–water partition coefficient (Wildman–Crippen LogP) is 3.17. The van der Waals surface area contributed by atoms with Gasteiger partial charge in [0.15, 0.2) is 0 Å². The molecule has 1 saturated heterocycles. The van der Waals surface area contributed by atoms with Crippen molar-refractivity contribution in [3.63, 3.8) is 0 Å².